The third-order valence-electron chi connectivity index (χ3n) is 4.06. The molecule has 1 aromatic heterocycles. The summed E-state index contributed by atoms with van der Waals surface area (Å²) < 4.78 is 5.27. The van der Waals surface area contributed by atoms with Gasteiger partial charge in [0.1, 0.15) is 5.76 Å². The molecule has 0 amide bonds. The molecular weight excluding hydrogens is 427 g/mol. The number of nitrogens with zero attached hydrogens (tertiary/aromatic N) is 3. The summed E-state index contributed by atoms with van der Waals surface area (Å²) in [5, 5.41) is 7.41. The van der Waals surface area contributed by atoms with E-state index >= 15 is 0 Å². The fourth-order valence-corrected chi connectivity index (χ4v) is 2.91. The lowest BCUT2D eigenvalue weighted by Gasteiger charge is -2.22. The first kappa shape index (κ1) is 21.5. The maximum atomic E-state index is 5.27. The van der Waals surface area contributed by atoms with E-state index in [9.17, 15) is 0 Å². The number of rotatable bonds is 6. The average molecular weight is 456 g/mol. The molecule has 0 fully saturated rings. The zero-order chi connectivity index (χ0) is 17.5. The van der Waals surface area contributed by atoms with E-state index in [1.807, 2.05) is 19.9 Å². The summed E-state index contributed by atoms with van der Waals surface area (Å²) in [5.74, 6) is 2.08. The predicted molar refractivity (Wildman–Crippen MR) is 114 cm³/mol. The van der Waals surface area contributed by atoms with Crippen LogP contribution in [0.15, 0.2) is 39.8 Å². The van der Waals surface area contributed by atoms with Crippen molar-refractivity contribution in [3.63, 3.8) is 0 Å². The Morgan fingerprint density at radius 3 is 2.52 bits per heavy atom. The van der Waals surface area contributed by atoms with Crippen molar-refractivity contribution < 1.29 is 4.52 Å². The largest absolute Gasteiger partial charge is 0.361 e. The number of aromatic nitrogens is 1. The Kier molecular flexibility index (Phi) is 8.96. The summed E-state index contributed by atoms with van der Waals surface area (Å²) in [6.45, 7) is 10.6. The van der Waals surface area contributed by atoms with E-state index in [1.54, 1.807) is 0 Å². The molecule has 1 unspecified atom stereocenters. The smallest absolute Gasteiger partial charge is 0.193 e. The van der Waals surface area contributed by atoms with Gasteiger partial charge in [-0.3, -0.25) is 4.99 Å². The van der Waals surface area contributed by atoms with Crippen molar-refractivity contribution in [3.8, 4) is 0 Å². The van der Waals surface area contributed by atoms with Crippen molar-refractivity contribution in [2.75, 3.05) is 20.1 Å². The van der Waals surface area contributed by atoms with Crippen molar-refractivity contribution in [1.82, 2.24) is 15.4 Å². The first-order valence-corrected chi connectivity index (χ1v) is 8.49. The first-order valence-electron chi connectivity index (χ1n) is 8.49. The zero-order valence-corrected chi connectivity index (χ0v) is 18.1. The molecule has 138 valence electrons. The highest BCUT2D eigenvalue weighted by Crippen LogP contribution is 2.23. The monoisotopic (exact) mass is 456 g/mol. The number of benzene rings is 1. The number of hydrogen-bond donors (Lipinski definition) is 1. The molecule has 0 saturated heterocycles. The second kappa shape index (κ2) is 10.4. The minimum atomic E-state index is 0. The molecule has 2 aromatic rings. The van der Waals surface area contributed by atoms with E-state index < -0.39 is 0 Å². The fraction of sp³-hybridized carbons (Fsp3) is 0.474. The predicted octanol–water partition coefficient (Wildman–Crippen LogP) is 4.11. The van der Waals surface area contributed by atoms with Crippen LogP contribution >= 0.6 is 24.0 Å². The van der Waals surface area contributed by atoms with Crippen LogP contribution in [0.2, 0.25) is 0 Å². The number of aryl methyl sites for hydroxylation is 2. The normalized spacial score (nSPS) is 12.4. The Labute approximate surface area is 167 Å². The van der Waals surface area contributed by atoms with Gasteiger partial charge >= 0.3 is 0 Å². The second-order valence-corrected chi connectivity index (χ2v) is 6.18. The molecular formula is C19H29IN4O. The molecule has 0 bridgehead atoms. The van der Waals surface area contributed by atoms with Crippen LogP contribution in [0.5, 0.6) is 0 Å². The van der Waals surface area contributed by atoms with E-state index in [2.05, 4.69) is 60.5 Å². The number of aliphatic imine (C=N–C) groups is 1. The van der Waals surface area contributed by atoms with Gasteiger partial charge in [-0.2, -0.15) is 0 Å². The van der Waals surface area contributed by atoms with Crippen molar-refractivity contribution in [2.45, 2.75) is 40.2 Å². The molecule has 25 heavy (non-hydrogen) atoms. The summed E-state index contributed by atoms with van der Waals surface area (Å²) >= 11 is 0. The second-order valence-electron chi connectivity index (χ2n) is 6.18. The van der Waals surface area contributed by atoms with Crippen LogP contribution in [-0.2, 0) is 6.54 Å². The van der Waals surface area contributed by atoms with Gasteiger partial charge in [0.2, 0.25) is 0 Å². The maximum Gasteiger partial charge on any atom is 0.193 e. The molecule has 6 heteroatoms. The lowest BCUT2D eigenvalue weighted by molar-refractivity contribution is 0.391. The van der Waals surface area contributed by atoms with Gasteiger partial charge in [-0.25, -0.2) is 0 Å². The van der Waals surface area contributed by atoms with Crippen molar-refractivity contribution in [1.29, 1.82) is 0 Å². The van der Waals surface area contributed by atoms with Crippen molar-refractivity contribution >= 4 is 29.9 Å². The molecule has 0 aliphatic rings. The van der Waals surface area contributed by atoms with Crippen LogP contribution in [-0.4, -0.2) is 36.2 Å². The standard InChI is InChI=1S/C19H28N4O.HI/c1-6-20-19(23(5)13-17-10-8-7-9-11-17)21-12-14(2)18-15(3)22-24-16(18)4;/h7-11,14H,6,12-13H2,1-5H3,(H,20,21);1H. The summed E-state index contributed by atoms with van der Waals surface area (Å²) in [6.07, 6.45) is 0. The Bertz CT molecular complexity index is 650. The third-order valence-corrected chi connectivity index (χ3v) is 4.06. The molecule has 2 rings (SSSR count). The summed E-state index contributed by atoms with van der Waals surface area (Å²) in [6, 6.07) is 10.4. The third kappa shape index (κ3) is 6.02. The van der Waals surface area contributed by atoms with E-state index in [0.717, 1.165) is 30.5 Å². The van der Waals surface area contributed by atoms with Crippen LogP contribution in [0.1, 0.15) is 42.3 Å². The fourth-order valence-electron chi connectivity index (χ4n) is 2.91. The lowest BCUT2D eigenvalue weighted by atomic mass is 10.00. The molecule has 0 radical (unpaired) electrons. The van der Waals surface area contributed by atoms with Crippen molar-refractivity contribution in [2.24, 2.45) is 4.99 Å². The topological polar surface area (TPSA) is 53.7 Å². The quantitative estimate of drug-likeness (QED) is 0.404. The average Bonchev–Trinajstić information content (AvgIpc) is 2.91. The van der Waals surface area contributed by atoms with Crippen LogP contribution in [0.4, 0.5) is 0 Å². The molecule has 5 nitrogen and oxygen atoms in total. The van der Waals surface area contributed by atoms with E-state index in [0.29, 0.717) is 6.54 Å². The van der Waals surface area contributed by atoms with Gasteiger partial charge < -0.3 is 14.7 Å². The molecule has 1 aromatic carbocycles. The number of hydrogen-bond acceptors (Lipinski definition) is 3. The van der Waals surface area contributed by atoms with Crippen LogP contribution < -0.4 is 5.32 Å². The van der Waals surface area contributed by atoms with Gasteiger partial charge in [0.15, 0.2) is 5.96 Å². The summed E-state index contributed by atoms with van der Waals surface area (Å²) in [7, 11) is 2.06. The highest BCUT2D eigenvalue weighted by Gasteiger charge is 2.16. The summed E-state index contributed by atoms with van der Waals surface area (Å²) in [5.41, 5.74) is 3.39. The lowest BCUT2D eigenvalue weighted by Crippen LogP contribution is -2.38. The highest BCUT2D eigenvalue weighted by molar-refractivity contribution is 14.0. The van der Waals surface area contributed by atoms with Crippen LogP contribution in [0, 0.1) is 13.8 Å². The van der Waals surface area contributed by atoms with Gasteiger partial charge in [0.25, 0.3) is 0 Å². The van der Waals surface area contributed by atoms with Gasteiger partial charge in [-0.1, -0.05) is 42.4 Å². The molecule has 1 heterocycles. The molecule has 1 atom stereocenters. The Balaban J connectivity index is 0.00000312. The zero-order valence-electron chi connectivity index (χ0n) is 15.7. The number of halogens is 1. The minimum absolute atomic E-state index is 0. The summed E-state index contributed by atoms with van der Waals surface area (Å²) in [4.78, 5) is 6.96. The van der Waals surface area contributed by atoms with Crippen LogP contribution in [0.25, 0.3) is 0 Å². The highest BCUT2D eigenvalue weighted by atomic mass is 127. The van der Waals surface area contributed by atoms with Crippen molar-refractivity contribution in [3.05, 3.63) is 52.9 Å². The van der Waals surface area contributed by atoms with Crippen LogP contribution in [0.3, 0.4) is 0 Å². The Morgan fingerprint density at radius 2 is 1.96 bits per heavy atom. The number of guanidine groups is 1. The minimum Gasteiger partial charge on any atom is -0.361 e. The SMILES string of the molecule is CCNC(=NCC(C)c1c(C)noc1C)N(C)Cc1ccccc1.I. The molecule has 0 spiro atoms. The van der Waals surface area contributed by atoms with Gasteiger partial charge in [-0.15, -0.1) is 24.0 Å². The van der Waals surface area contributed by atoms with Gasteiger partial charge in [-0.05, 0) is 26.3 Å². The van der Waals surface area contributed by atoms with E-state index in [1.165, 1.54) is 11.1 Å². The van der Waals surface area contributed by atoms with Gasteiger partial charge in [0, 0.05) is 38.2 Å². The first-order chi connectivity index (χ1) is 11.5. The molecule has 0 aliphatic heterocycles. The molecule has 0 saturated carbocycles. The van der Waals surface area contributed by atoms with E-state index in [-0.39, 0.29) is 29.9 Å². The Hall–Kier alpha value is -1.57. The van der Waals surface area contributed by atoms with E-state index in [4.69, 9.17) is 9.52 Å². The van der Waals surface area contributed by atoms with Gasteiger partial charge in [0.05, 0.1) is 5.69 Å². The number of nitrogens with one attached hydrogen (secondary N) is 1. The Morgan fingerprint density at radius 1 is 1.28 bits per heavy atom. The molecule has 1 N–H and O–H groups in total. The molecule has 0 aliphatic carbocycles. The maximum absolute atomic E-state index is 5.27.